The lowest BCUT2D eigenvalue weighted by Crippen LogP contribution is -2.60. The predicted octanol–water partition coefficient (Wildman–Crippen LogP) is 3.85. The lowest BCUT2D eigenvalue weighted by atomic mass is 9.99. The van der Waals surface area contributed by atoms with Gasteiger partial charge in [-0.05, 0) is 30.7 Å². The third-order valence-electron chi connectivity index (χ3n) is 5.59. The molecule has 34 heavy (non-hydrogen) atoms. The maximum absolute atomic E-state index is 13.9. The van der Waals surface area contributed by atoms with Crippen LogP contribution in [0.1, 0.15) is 28.4 Å². The highest BCUT2D eigenvalue weighted by atomic mass is 35.5. The summed E-state index contributed by atoms with van der Waals surface area (Å²) in [5.74, 6) is -1.09. The Morgan fingerprint density at radius 3 is 2.56 bits per heavy atom. The number of carbonyl (C=O) groups excluding carboxylic acids is 2. The van der Waals surface area contributed by atoms with E-state index in [4.69, 9.17) is 23.2 Å². The summed E-state index contributed by atoms with van der Waals surface area (Å²) in [4.78, 5) is 44.5. The molecule has 0 radical (unpaired) electrons. The summed E-state index contributed by atoms with van der Waals surface area (Å²) in [5, 5.41) is 3.83. The highest BCUT2D eigenvalue weighted by molar-refractivity contribution is 6.36. The van der Waals surface area contributed by atoms with Crippen molar-refractivity contribution < 1.29 is 14.0 Å². The molecule has 0 spiro atoms. The summed E-state index contributed by atoms with van der Waals surface area (Å²) in [5.41, 5.74) is -0.909. The van der Waals surface area contributed by atoms with Gasteiger partial charge in [-0.2, -0.15) is 0 Å². The number of amides is 2. The molecule has 0 saturated carbocycles. The van der Waals surface area contributed by atoms with Gasteiger partial charge in [0.1, 0.15) is 23.4 Å². The van der Waals surface area contributed by atoms with Gasteiger partial charge in [-0.15, -0.1) is 0 Å². The Morgan fingerprint density at radius 1 is 1.26 bits per heavy atom. The summed E-state index contributed by atoms with van der Waals surface area (Å²) in [7, 11) is 0. The molecule has 0 unspecified atom stereocenters. The molecule has 2 aromatic heterocycles. The number of halogens is 3. The van der Waals surface area contributed by atoms with E-state index in [9.17, 15) is 18.8 Å². The lowest BCUT2D eigenvalue weighted by molar-refractivity contribution is -0.144. The van der Waals surface area contributed by atoms with Crippen LogP contribution in [0.3, 0.4) is 0 Å². The van der Waals surface area contributed by atoms with Crippen LogP contribution in [0.25, 0.3) is 17.1 Å². The van der Waals surface area contributed by atoms with Crippen molar-refractivity contribution in [2.24, 2.45) is 0 Å². The Kier molecular flexibility index (Phi) is 6.47. The van der Waals surface area contributed by atoms with E-state index < -0.39 is 29.6 Å². The molecule has 1 saturated heterocycles. The van der Waals surface area contributed by atoms with Gasteiger partial charge in [0.2, 0.25) is 5.91 Å². The van der Waals surface area contributed by atoms with Crippen molar-refractivity contribution in [2.75, 3.05) is 13.1 Å². The van der Waals surface area contributed by atoms with E-state index in [2.05, 4.69) is 16.9 Å². The fraction of sp³-hybridized carbons (Fsp3) is 0.250. The van der Waals surface area contributed by atoms with Crippen molar-refractivity contribution in [3.05, 3.63) is 80.2 Å². The number of hydrogen-bond donors (Lipinski definition) is 1. The first kappa shape index (κ1) is 23.9. The molecule has 1 aliphatic rings. The van der Waals surface area contributed by atoms with Crippen molar-refractivity contribution >= 4 is 52.1 Å². The maximum atomic E-state index is 13.9. The molecule has 4 rings (SSSR count). The number of rotatable bonds is 6. The van der Waals surface area contributed by atoms with Crippen LogP contribution in [0.4, 0.5) is 4.39 Å². The predicted molar refractivity (Wildman–Crippen MR) is 130 cm³/mol. The van der Waals surface area contributed by atoms with Crippen LogP contribution in [-0.2, 0) is 17.9 Å². The second-order valence-electron chi connectivity index (χ2n) is 8.39. The van der Waals surface area contributed by atoms with E-state index in [1.54, 1.807) is 24.3 Å². The molecule has 0 atom stereocenters. The molecule has 2 amide bonds. The van der Waals surface area contributed by atoms with E-state index in [0.29, 0.717) is 16.0 Å². The molecular weight excluding hydrogens is 482 g/mol. The van der Waals surface area contributed by atoms with Gasteiger partial charge >= 0.3 is 0 Å². The number of pyridine rings is 2. The summed E-state index contributed by atoms with van der Waals surface area (Å²) >= 11 is 12.4. The van der Waals surface area contributed by atoms with Crippen LogP contribution in [-0.4, -0.2) is 45.0 Å². The number of aromatic nitrogens is 2. The van der Waals surface area contributed by atoms with E-state index in [0.717, 1.165) is 10.1 Å². The van der Waals surface area contributed by atoms with E-state index in [1.807, 2.05) is 0 Å². The first-order valence-electron chi connectivity index (χ1n) is 10.4. The molecular formula is C24H21Cl2FN4O3. The number of carbonyl (C=O) groups is 2. The maximum Gasteiger partial charge on any atom is 0.265 e. The van der Waals surface area contributed by atoms with Crippen molar-refractivity contribution in [3.8, 4) is 0 Å². The minimum atomic E-state index is -1.45. The molecule has 176 valence electrons. The topological polar surface area (TPSA) is 84.3 Å². The second kappa shape index (κ2) is 9.19. The smallest absolute Gasteiger partial charge is 0.265 e. The van der Waals surface area contributed by atoms with Crippen LogP contribution in [0, 0.1) is 0 Å². The molecule has 7 nitrogen and oxygen atoms in total. The highest BCUT2D eigenvalue weighted by Crippen LogP contribution is 2.28. The summed E-state index contributed by atoms with van der Waals surface area (Å²) in [6, 6.07) is 8.25. The van der Waals surface area contributed by atoms with Crippen molar-refractivity contribution in [2.45, 2.75) is 25.7 Å². The molecule has 1 aliphatic heterocycles. The summed E-state index contributed by atoms with van der Waals surface area (Å²) in [6.45, 7) is 4.73. The van der Waals surface area contributed by atoms with Gasteiger partial charge in [-0.3, -0.25) is 19.0 Å². The van der Waals surface area contributed by atoms with Crippen molar-refractivity contribution in [1.29, 1.82) is 0 Å². The van der Waals surface area contributed by atoms with Gasteiger partial charge in [0, 0.05) is 28.7 Å². The van der Waals surface area contributed by atoms with Gasteiger partial charge in [0.25, 0.3) is 11.5 Å². The second-order valence-corrected chi connectivity index (χ2v) is 9.20. The van der Waals surface area contributed by atoms with E-state index in [-0.39, 0.29) is 35.9 Å². The number of likely N-dealkylation sites (tertiary alicyclic amines) is 1. The van der Waals surface area contributed by atoms with E-state index >= 15 is 0 Å². The normalized spacial score (nSPS) is 14.5. The number of alkyl halides is 1. The number of nitrogens with one attached hydrogen (secondary N) is 1. The molecule has 0 bridgehead atoms. The standard InChI is InChI=1S/C24H21Cl2FN4O3/c1-3-15-10-28-21-17(20(15)26)8-18(22(33)29-9-14-4-6-16(25)7-5-14)23(34)31(21)11-19(32)30-12-24(2,27)13-30/h3-8,10H,1,9,11-13H2,2H3,(H,29,33). The van der Waals surface area contributed by atoms with Crippen molar-refractivity contribution in [1.82, 2.24) is 19.8 Å². The van der Waals surface area contributed by atoms with Gasteiger partial charge in [-0.25, -0.2) is 9.37 Å². The highest BCUT2D eigenvalue weighted by Gasteiger charge is 2.41. The fourth-order valence-electron chi connectivity index (χ4n) is 3.79. The monoisotopic (exact) mass is 502 g/mol. The molecule has 0 aliphatic carbocycles. The number of fused-ring (bicyclic) bond motifs is 1. The molecule has 1 aromatic carbocycles. The fourth-order valence-corrected chi connectivity index (χ4v) is 4.18. The number of nitrogens with zero attached hydrogens (tertiary/aromatic N) is 3. The Bertz CT molecular complexity index is 1360. The van der Waals surface area contributed by atoms with Gasteiger partial charge in [-0.1, -0.05) is 48.0 Å². The lowest BCUT2D eigenvalue weighted by Gasteiger charge is -2.42. The van der Waals surface area contributed by atoms with Gasteiger partial charge in [0.05, 0.1) is 18.1 Å². The SMILES string of the molecule is C=Cc1cnc2c(cc(C(=O)NCc3ccc(Cl)cc3)c(=O)n2CC(=O)N2CC(C)(F)C2)c1Cl. The first-order chi connectivity index (χ1) is 16.1. The zero-order valence-corrected chi connectivity index (χ0v) is 19.8. The van der Waals surface area contributed by atoms with Crippen LogP contribution in [0.2, 0.25) is 10.0 Å². The number of benzene rings is 1. The minimum absolute atomic E-state index is 0.0609. The summed E-state index contributed by atoms with van der Waals surface area (Å²) < 4.78 is 15.0. The average Bonchev–Trinajstić information content (AvgIpc) is 2.78. The van der Waals surface area contributed by atoms with E-state index in [1.165, 1.54) is 30.2 Å². The van der Waals surface area contributed by atoms with Gasteiger partial charge in [0.15, 0.2) is 0 Å². The third-order valence-corrected chi connectivity index (χ3v) is 6.27. The zero-order valence-electron chi connectivity index (χ0n) is 18.3. The van der Waals surface area contributed by atoms with Crippen LogP contribution < -0.4 is 10.9 Å². The van der Waals surface area contributed by atoms with Crippen LogP contribution in [0.5, 0.6) is 0 Å². The Hall–Kier alpha value is -3.23. The average molecular weight is 503 g/mol. The quantitative estimate of drug-likeness (QED) is 0.554. The Morgan fingerprint density at radius 2 is 1.94 bits per heavy atom. The van der Waals surface area contributed by atoms with Crippen LogP contribution in [0.15, 0.2) is 47.9 Å². The van der Waals surface area contributed by atoms with Crippen LogP contribution >= 0.6 is 23.2 Å². The summed E-state index contributed by atoms with van der Waals surface area (Å²) in [6.07, 6.45) is 2.93. The Balaban J connectivity index is 1.71. The number of hydrogen-bond acceptors (Lipinski definition) is 4. The molecule has 3 aromatic rings. The molecule has 1 N–H and O–H groups in total. The zero-order chi connectivity index (χ0) is 24.6. The Labute approximate surface area is 204 Å². The molecule has 10 heteroatoms. The third kappa shape index (κ3) is 4.69. The molecule has 1 fully saturated rings. The minimum Gasteiger partial charge on any atom is -0.348 e. The molecule has 3 heterocycles. The van der Waals surface area contributed by atoms with Crippen molar-refractivity contribution in [3.63, 3.8) is 0 Å². The van der Waals surface area contributed by atoms with Gasteiger partial charge < -0.3 is 10.2 Å². The first-order valence-corrected chi connectivity index (χ1v) is 11.2. The largest absolute Gasteiger partial charge is 0.348 e.